The molecule has 1 aromatic heterocycles. The van der Waals surface area contributed by atoms with Crippen molar-refractivity contribution in [2.45, 2.75) is 0 Å². The number of carbonyl (C=O) groups excluding carboxylic acids is 2. The molecule has 7 heteroatoms. The number of rotatable bonds is 4. The van der Waals surface area contributed by atoms with E-state index in [-0.39, 0.29) is 19.2 Å². The number of Topliss-reactive ketones (excluding diaryl/α,β-unsaturated/α-hetero) is 1. The monoisotopic (exact) mass is 324 g/mol. The van der Waals surface area contributed by atoms with E-state index in [0.29, 0.717) is 26.3 Å². The smallest absolute Gasteiger partial charge is 0.348 e. The molecular formula is C14H9ClO5S. The first kappa shape index (κ1) is 13.9. The van der Waals surface area contributed by atoms with Crippen molar-refractivity contribution in [3.8, 4) is 11.5 Å². The summed E-state index contributed by atoms with van der Waals surface area (Å²) in [5.41, 5.74) is 0.399. The fourth-order valence-corrected chi connectivity index (χ4v) is 2.72. The lowest BCUT2D eigenvalue weighted by atomic mass is 10.1. The number of hydrogen-bond donors (Lipinski definition) is 0. The van der Waals surface area contributed by atoms with E-state index in [1.807, 2.05) is 0 Å². The predicted octanol–water partition coefficient (Wildman–Crippen LogP) is 3.17. The Morgan fingerprint density at radius 3 is 2.76 bits per heavy atom. The fraction of sp³-hybridized carbons (Fsp3) is 0.143. The van der Waals surface area contributed by atoms with E-state index in [1.54, 1.807) is 30.3 Å². The SMILES string of the molecule is O=C(COC(=O)c1ccc(Cl)s1)c1ccc2c(c1)OCO2. The van der Waals surface area contributed by atoms with Crippen molar-refractivity contribution in [1.29, 1.82) is 0 Å². The molecule has 0 amide bonds. The van der Waals surface area contributed by atoms with Crippen LogP contribution in [0.4, 0.5) is 0 Å². The standard InChI is InChI=1S/C14H9ClO5S/c15-13-4-3-12(21-13)14(17)18-6-9(16)8-1-2-10-11(5-8)20-7-19-10/h1-5H,6-7H2. The molecule has 0 atom stereocenters. The number of fused-ring (bicyclic) bond motifs is 1. The van der Waals surface area contributed by atoms with Gasteiger partial charge in [0.05, 0.1) is 4.34 Å². The summed E-state index contributed by atoms with van der Waals surface area (Å²) in [5.74, 6) is 0.222. The lowest BCUT2D eigenvalue weighted by Gasteiger charge is -2.04. The van der Waals surface area contributed by atoms with Gasteiger partial charge in [0.2, 0.25) is 6.79 Å². The van der Waals surface area contributed by atoms with Crippen molar-refractivity contribution in [2.24, 2.45) is 0 Å². The highest BCUT2D eigenvalue weighted by Gasteiger charge is 2.18. The second kappa shape index (κ2) is 5.75. The van der Waals surface area contributed by atoms with E-state index >= 15 is 0 Å². The summed E-state index contributed by atoms with van der Waals surface area (Å²) < 4.78 is 15.8. The summed E-state index contributed by atoms with van der Waals surface area (Å²) in [7, 11) is 0. The molecule has 0 saturated carbocycles. The van der Waals surface area contributed by atoms with Crippen LogP contribution in [-0.2, 0) is 4.74 Å². The van der Waals surface area contributed by atoms with Crippen LogP contribution in [-0.4, -0.2) is 25.2 Å². The van der Waals surface area contributed by atoms with Crippen LogP contribution in [0.1, 0.15) is 20.0 Å². The van der Waals surface area contributed by atoms with Gasteiger partial charge in [-0.1, -0.05) is 11.6 Å². The van der Waals surface area contributed by atoms with Crippen molar-refractivity contribution >= 4 is 34.7 Å². The Kier molecular flexibility index (Phi) is 3.81. The quantitative estimate of drug-likeness (QED) is 0.638. The Bertz CT molecular complexity index is 709. The first-order valence-corrected chi connectivity index (χ1v) is 7.18. The van der Waals surface area contributed by atoms with E-state index in [9.17, 15) is 9.59 Å². The van der Waals surface area contributed by atoms with Gasteiger partial charge in [0.25, 0.3) is 0 Å². The maximum Gasteiger partial charge on any atom is 0.348 e. The van der Waals surface area contributed by atoms with Gasteiger partial charge in [-0.3, -0.25) is 4.79 Å². The largest absolute Gasteiger partial charge is 0.454 e. The zero-order valence-corrected chi connectivity index (χ0v) is 12.2. The number of hydrogen-bond acceptors (Lipinski definition) is 6. The molecule has 0 aliphatic carbocycles. The second-order valence-corrected chi connectivity index (χ2v) is 5.89. The van der Waals surface area contributed by atoms with Crippen molar-refractivity contribution in [3.05, 3.63) is 45.1 Å². The summed E-state index contributed by atoms with van der Waals surface area (Å²) in [4.78, 5) is 24.1. The fourth-order valence-electron chi connectivity index (χ4n) is 1.78. The highest BCUT2D eigenvalue weighted by molar-refractivity contribution is 7.17. The Labute approximate surface area is 129 Å². The van der Waals surface area contributed by atoms with Crippen LogP contribution in [0.15, 0.2) is 30.3 Å². The van der Waals surface area contributed by atoms with Gasteiger partial charge in [-0.05, 0) is 30.3 Å². The van der Waals surface area contributed by atoms with Crippen molar-refractivity contribution in [2.75, 3.05) is 13.4 Å². The second-order valence-electron chi connectivity index (χ2n) is 4.17. The van der Waals surface area contributed by atoms with Gasteiger partial charge in [-0.25, -0.2) is 4.79 Å². The third-order valence-corrected chi connectivity index (χ3v) is 4.01. The van der Waals surface area contributed by atoms with Crippen LogP contribution in [0.25, 0.3) is 0 Å². The lowest BCUT2D eigenvalue weighted by molar-refractivity contribution is 0.0479. The number of carbonyl (C=O) groups is 2. The Balaban J connectivity index is 1.63. The molecule has 1 aliphatic heterocycles. The Hall–Kier alpha value is -2.05. The molecule has 1 aromatic carbocycles. The van der Waals surface area contributed by atoms with Gasteiger partial charge < -0.3 is 14.2 Å². The summed E-state index contributed by atoms with van der Waals surface area (Å²) >= 11 is 6.84. The van der Waals surface area contributed by atoms with Crippen molar-refractivity contribution < 1.29 is 23.8 Å². The maximum absolute atomic E-state index is 12.0. The number of esters is 1. The molecule has 108 valence electrons. The molecule has 0 fully saturated rings. The molecule has 2 aromatic rings. The molecule has 5 nitrogen and oxygen atoms in total. The zero-order valence-electron chi connectivity index (χ0n) is 10.6. The van der Waals surface area contributed by atoms with Crippen molar-refractivity contribution in [3.63, 3.8) is 0 Å². The molecule has 0 spiro atoms. The van der Waals surface area contributed by atoms with Crippen LogP contribution in [0, 0.1) is 0 Å². The number of ether oxygens (including phenoxy) is 3. The minimum Gasteiger partial charge on any atom is -0.454 e. The summed E-state index contributed by atoms with van der Waals surface area (Å²) in [6.45, 7) is -0.199. The van der Waals surface area contributed by atoms with Gasteiger partial charge in [0, 0.05) is 5.56 Å². The average molecular weight is 325 g/mol. The van der Waals surface area contributed by atoms with E-state index in [0.717, 1.165) is 11.3 Å². The van der Waals surface area contributed by atoms with Crippen LogP contribution >= 0.6 is 22.9 Å². The Morgan fingerprint density at radius 2 is 2.00 bits per heavy atom. The first-order valence-electron chi connectivity index (χ1n) is 5.99. The highest BCUT2D eigenvalue weighted by atomic mass is 35.5. The van der Waals surface area contributed by atoms with Crippen LogP contribution in [0.3, 0.4) is 0 Å². The zero-order chi connectivity index (χ0) is 14.8. The molecular weight excluding hydrogens is 316 g/mol. The molecule has 0 radical (unpaired) electrons. The molecule has 2 heterocycles. The minimum atomic E-state index is -0.569. The highest BCUT2D eigenvalue weighted by Crippen LogP contribution is 2.32. The first-order chi connectivity index (χ1) is 10.1. The molecule has 0 bridgehead atoms. The van der Waals surface area contributed by atoms with E-state index < -0.39 is 5.97 Å². The summed E-state index contributed by atoms with van der Waals surface area (Å²) in [6, 6.07) is 7.98. The molecule has 1 aliphatic rings. The van der Waals surface area contributed by atoms with E-state index in [4.69, 9.17) is 25.8 Å². The maximum atomic E-state index is 12.0. The molecule has 0 saturated heterocycles. The average Bonchev–Trinajstić information content (AvgIpc) is 3.12. The van der Waals surface area contributed by atoms with Crippen LogP contribution in [0.2, 0.25) is 4.34 Å². The van der Waals surface area contributed by atoms with E-state index in [1.165, 1.54) is 0 Å². The lowest BCUT2D eigenvalue weighted by Crippen LogP contribution is -2.13. The Morgan fingerprint density at radius 1 is 1.19 bits per heavy atom. The van der Waals surface area contributed by atoms with E-state index in [2.05, 4.69) is 0 Å². The molecule has 21 heavy (non-hydrogen) atoms. The number of benzene rings is 1. The molecule has 0 N–H and O–H groups in total. The minimum absolute atomic E-state index is 0.140. The number of halogens is 1. The predicted molar refractivity (Wildman–Crippen MR) is 76.5 cm³/mol. The molecule has 3 rings (SSSR count). The summed E-state index contributed by atoms with van der Waals surface area (Å²) in [5, 5.41) is 0. The summed E-state index contributed by atoms with van der Waals surface area (Å²) in [6.07, 6.45) is 0. The third-order valence-electron chi connectivity index (χ3n) is 2.80. The van der Waals surface area contributed by atoms with Gasteiger partial charge >= 0.3 is 5.97 Å². The van der Waals surface area contributed by atoms with Gasteiger partial charge in [-0.15, -0.1) is 11.3 Å². The normalized spacial score (nSPS) is 12.2. The molecule has 0 unspecified atom stereocenters. The third kappa shape index (κ3) is 3.01. The van der Waals surface area contributed by atoms with Gasteiger partial charge in [-0.2, -0.15) is 0 Å². The van der Waals surface area contributed by atoms with Crippen molar-refractivity contribution in [1.82, 2.24) is 0 Å². The van der Waals surface area contributed by atoms with Gasteiger partial charge in [0.1, 0.15) is 4.88 Å². The topological polar surface area (TPSA) is 61.8 Å². The van der Waals surface area contributed by atoms with Crippen LogP contribution in [0.5, 0.6) is 11.5 Å². The number of thiophene rings is 1. The number of ketones is 1. The van der Waals surface area contributed by atoms with Crippen LogP contribution < -0.4 is 9.47 Å². The van der Waals surface area contributed by atoms with Gasteiger partial charge in [0.15, 0.2) is 23.9 Å².